The van der Waals surface area contributed by atoms with Crippen molar-refractivity contribution in [3.63, 3.8) is 0 Å². The van der Waals surface area contributed by atoms with Crippen molar-refractivity contribution >= 4 is 65.4 Å². The molecule has 0 amide bonds. The molecule has 210 valence electrons. The van der Waals surface area contributed by atoms with Crippen LogP contribution in [0.3, 0.4) is 0 Å². The molecule has 0 aliphatic carbocycles. The van der Waals surface area contributed by atoms with Crippen LogP contribution in [0, 0.1) is 0 Å². The maximum absolute atomic E-state index is 8.93. The largest absolute Gasteiger partial charge is 0.309 e. The number of benzene rings is 7. The van der Waals surface area contributed by atoms with Crippen LogP contribution in [0.2, 0.25) is 0 Å². The monoisotopic (exact) mass is 578 g/mol. The summed E-state index contributed by atoms with van der Waals surface area (Å²) in [5.74, 6) is 0. The maximum atomic E-state index is 8.93. The number of nitrogens with zero attached hydrogens (tertiary/aromatic N) is 3. The lowest BCUT2D eigenvalue weighted by atomic mass is 10.1. The fourth-order valence-electron chi connectivity index (χ4n) is 7.27. The average molecular weight is 579 g/mol. The van der Waals surface area contributed by atoms with E-state index < -0.39 is 6.04 Å². The van der Waals surface area contributed by atoms with Gasteiger partial charge in [0, 0.05) is 49.4 Å². The predicted molar refractivity (Wildman–Crippen MR) is 189 cm³/mol. The van der Waals surface area contributed by atoms with Crippen LogP contribution < -0.4 is 0 Å². The van der Waals surface area contributed by atoms with E-state index in [1.807, 2.05) is 16.7 Å². The van der Waals surface area contributed by atoms with Crippen LogP contribution in [-0.2, 0) is 0 Å². The van der Waals surface area contributed by atoms with Crippen molar-refractivity contribution in [2.75, 3.05) is 0 Å². The van der Waals surface area contributed by atoms with Gasteiger partial charge in [0.05, 0.1) is 40.0 Å². The standard InChI is InChI=1S/C42H27N3/c1-2-12-28(13-3-1)43-41-24-22-29(44-37-18-8-4-14-31(37)32-15-5-9-19-38(32)44)26-35(41)36-27-30(23-25-42(36)43)45-39-20-10-6-16-33(39)34-17-7-11-21-40(34)45/h1-27H/i1D,2D,3D,12D,13D. The Kier molecular flexibility index (Phi) is 4.10. The van der Waals surface area contributed by atoms with Crippen LogP contribution in [-0.4, -0.2) is 13.7 Å². The van der Waals surface area contributed by atoms with E-state index in [0.29, 0.717) is 0 Å². The molecule has 10 aromatic rings. The van der Waals surface area contributed by atoms with Crippen molar-refractivity contribution in [2.45, 2.75) is 0 Å². The number of rotatable bonds is 3. The van der Waals surface area contributed by atoms with Gasteiger partial charge in [-0.2, -0.15) is 0 Å². The van der Waals surface area contributed by atoms with Crippen LogP contribution in [0.4, 0.5) is 0 Å². The fraction of sp³-hybridized carbons (Fsp3) is 0. The molecular weight excluding hydrogens is 546 g/mol. The second kappa shape index (κ2) is 9.22. The molecule has 10 rings (SSSR count). The van der Waals surface area contributed by atoms with Gasteiger partial charge in [0.15, 0.2) is 0 Å². The molecule has 7 aromatic carbocycles. The van der Waals surface area contributed by atoms with E-state index >= 15 is 0 Å². The SMILES string of the molecule is [2H]c1c([2H])c([2H])c(-n2c3ccc(-n4c5ccccc5c5ccccc54)cc3c3cc(-n4c5ccccc5c5ccccc54)ccc32)c([2H])c1[2H]. The Bertz CT molecular complexity index is 2750. The number of fused-ring (bicyclic) bond motifs is 9. The molecule has 0 aliphatic rings. The lowest BCUT2D eigenvalue weighted by molar-refractivity contribution is 1.16. The van der Waals surface area contributed by atoms with Crippen molar-refractivity contribution in [2.24, 2.45) is 0 Å². The zero-order valence-corrected chi connectivity index (χ0v) is 24.0. The molecule has 0 saturated carbocycles. The molecule has 0 N–H and O–H groups in total. The summed E-state index contributed by atoms with van der Waals surface area (Å²) in [5.41, 5.74) is 7.94. The molecule has 3 aromatic heterocycles. The van der Waals surface area contributed by atoms with Crippen molar-refractivity contribution in [3.8, 4) is 17.1 Å². The summed E-state index contributed by atoms with van der Waals surface area (Å²) >= 11 is 0. The highest BCUT2D eigenvalue weighted by Crippen LogP contribution is 2.39. The number of aromatic nitrogens is 3. The smallest absolute Gasteiger partial charge is 0.0645 e. The minimum absolute atomic E-state index is 0.130. The first-order chi connectivity index (χ1) is 24.4. The Hall–Kier alpha value is -6.06. The van der Waals surface area contributed by atoms with Gasteiger partial charge in [-0.25, -0.2) is 0 Å². The zero-order chi connectivity index (χ0) is 33.8. The first-order valence-corrected chi connectivity index (χ1v) is 15.0. The third kappa shape index (κ3) is 3.41. The quantitative estimate of drug-likeness (QED) is 0.198. The Morgan fingerprint density at radius 3 is 1.04 bits per heavy atom. The predicted octanol–water partition coefficient (Wildman–Crippen LogP) is 11.0. The molecule has 3 nitrogen and oxygen atoms in total. The van der Waals surface area contributed by atoms with Gasteiger partial charge in [-0.3, -0.25) is 0 Å². The van der Waals surface area contributed by atoms with Gasteiger partial charge in [-0.15, -0.1) is 0 Å². The Morgan fingerprint density at radius 1 is 0.311 bits per heavy atom. The van der Waals surface area contributed by atoms with Crippen molar-refractivity contribution in [1.82, 2.24) is 13.7 Å². The summed E-state index contributed by atoms with van der Waals surface area (Å²) < 4.78 is 49.5. The first kappa shape index (κ1) is 20.0. The minimum atomic E-state index is -0.410. The number of hydrogen-bond donors (Lipinski definition) is 0. The molecule has 0 atom stereocenters. The van der Waals surface area contributed by atoms with Crippen molar-refractivity contribution in [3.05, 3.63) is 164 Å². The van der Waals surface area contributed by atoms with E-state index in [9.17, 15) is 0 Å². The molecule has 0 spiro atoms. The second-order valence-corrected chi connectivity index (χ2v) is 11.5. The Labute approximate surface area is 266 Å². The van der Waals surface area contributed by atoms with Crippen molar-refractivity contribution < 1.29 is 6.85 Å². The summed E-state index contributed by atoms with van der Waals surface area (Å²) in [6.45, 7) is 0. The first-order valence-electron chi connectivity index (χ1n) is 17.5. The maximum Gasteiger partial charge on any atom is 0.0645 e. The van der Waals surface area contributed by atoms with E-state index in [1.165, 1.54) is 21.5 Å². The van der Waals surface area contributed by atoms with Gasteiger partial charge in [0.1, 0.15) is 0 Å². The summed E-state index contributed by atoms with van der Waals surface area (Å²) in [6.07, 6.45) is 0. The van der Waals surface area contributed by atoms with Gasteiger partial charge in [-0.05, 0) is 72.7 Å². The Morgan fingerprint density at radius 2 is 0.644 bits per heavy atom. The highest BCUT2D eigenvalue weighted by Gasteiger charge is 2.18. The molecule has 0 radical (unpaired) electrons. The summed E-state index contributed by atoms with van der Waals surface area (Å²) in [5, 5.41) is 6.48. The van der Waals surface area contributed by atoms with Gasteiger partial charge in [0.2, 0.25) is 0 Å². The van der Waals surface area contributed by atoms with E-state index in [0.717, 1.165) is 55.2 Å². The molecule has 3 heteroatoms. The van der Waals surface area contributed by atoms with Crippen LogP contribution in [0.25, 0.3) is 82.5 Å². The molecule has 3 heterocycles. The van der Waals surface area contributed by atoms with E-state index in [4.69, 9.17) is 6.85 Å². The van der Waals surface area contributed by atoms with Crippen LogP contribution in [0.1, 0.15) is 6.85 Å². The van der Waals surface area contributed by atoms with Gasteiger partial charge in [0.25, 0.3) is 0 Å². The molecule has 0 unspecified atom stereocenters. The van der Waals surface area contributed by atoms with Crippen LogP contribution in [0.15, 0.2) is 164 Å². The van der Waals surface area contributed by atoms with Gasteiger partial charge >= 0.3 is 0 Å². The third-order valence-electron chi connectivity index (χ3n) is 9.12. The van der Waals surface area contributed by atoms with Crippen LogP contribution >= 0.6 is 0 Å². The lowest BCUT2D eigenvalue weighted by Gasteiger charge is -2.10. The minimum Gasteiger partial charge on any atom is -0.309 e. The molecule has 0 fully saturated rings. The summed E-state index contributed by atoms with van der Waals surface area (Å²) in [7, 11) is 0. The van der Waals surface area contributed by atoms with E-state index in [1.54, 1.807) is 0 Å². The normalized spacial score (nSPS) is 13.6. The molecule has 45 heavy (non-hydrogen) atoms. The molecule has 0 bridgehead atoms. The highest BCUT2D eigenvalue weighted by atomic mass is 15.0. The Balaban J connectivity index is 1.34. The number of hydrogen-bond acceptors (Lipinski definition) is 0. The third-order valence-corrected chi connectivity index (χ3v) is 9.12. The average Bonchev–Trinajstić information content (AvgIpc) is 3.79. The van der Waals surface area contributed by atoms with Crippen LogP contribution in [0.5, 0.6) is 0 Å². The van der Waals surface area contributed by atoms with Gasteiger partial charge in [-0.1, -0.05) is 90.9 Å². The second-order valence-electron chi connectivity index (χ2n) is 11.5. The molecule has 0 saturated heterocycles. The molecule has 0 aliphatic heterocycles. The fourth-order valence-corrected chi connectivity index (χ4v) is 7.27. The molecular formula is C42H27N3. The van der Waals surface area contributed by atoms with E-state index in [-0.39, 0.29) is 29.9 Å². The summed E-state index contributed by atoms with van der Waals surface area (Å²) in [6, 6.07) is 44.4. The van der Waals surface area contributed by atoms with Gasteiger partial charge < -0.3 is 13.7 Å². The highest BCUT2D eigenvalue weighted by molar-refractivity contribution is 6.14. The zero-order valence-electron chi connectivity index (χ0n) is 29.0. The number of para-hydroxylation sites is 5. The summed E-state index contributed by atoms with van der Waals surface area (Å²) in [4.78, 5) is 0. The lowest BCUT2D eigenvalue weighted by Crippen LogP contribution is -1.96. The van der Waals surface area contributed by atoms with Crippen molar-refractivity contribution in [1.29, 1.82) is 0 Å². The topological polar surface area (TPSA) is 14.8 Å². The van der Waals surface area contributed by atoms with E-state index in [2.05, 4.69) is 130 Å².